The molecule has 3 aromatic rings. The molecule has 0 aliphatic carbocycles. The van der Waals surface area contributed by atoms with Gasteiger partial charge in [-0.25, -0.2) is 0 Å². The minimum absolute atomic E-state index is 0.0122. The number of nitrogens with zero attached hydrogens (tertiary/aromatic N) is 1. The fraction of sp³-hybridized carbons (Fsp3) is 0.200. The van der Waals surface area contributed by atoms with E-state index in [1.54, 1.807) is 43.5 Å². The van der Waals surface area contributed by atoms with Crippen LogP contribution < -0.4 is 14.2 Å². The van der Waals surface area contributed by atoms with E-state index in [9.17, 15) is 14.7 Å². The van der Waals surface area contributed by atoms with E-state index < -0.39 is 17.7 Å². The van der Waals surface area contributed by atoms with Gasteiger partial charge in [-0.1, -0.05) is 17.7 Å². The molecule has 1 atom stereocenters. The molecule has 0 radical (unpaired) electrons. The molecule has 1 fully saturated rings. The van der Waals surface area contributed by atoms with Crippen molar-refractivity contribution in [3.05, 3.63) is 81.0 Å². The summed E-state index contributed by atoms with van der Waals surface area (Å²) in [5, 5.41) is 13.2. The normalized spacial score (nSPS) is 17.1. The van der Waals surface area contributed by atoms with Gasteiger partial charge in [0, 0.05) is 10.4 Å². The Morgan fingerprint density at radius 3 is 2.41 bits per heavy atom. The van der Waals surface area contributed by atoms with Crippen molar-refractivity contribution in [2.75, 3.05) is 27.4 Å². The summed E-state index contributed by atoms with van der Waals surface area (Å²) < 4.78 is 16.1. The van der Waals surface area contributed by atoms with Gasteiger partial charge in [-0.05, 0) is 53.9 Å². The van der Waals surface area contributed by atoms with Crippen LogP contribution in [0, 0.1) is 0 Å². The maximum atomic E-state index is 13.0. The standard InChI is InChI=1S/C25H22ClNO6S/c1-31-16-6-8-17(9-7-16)33-12-11-27-22(20-4-3-13-34-20)21(24(29)25(27)30)23(28)15-5-10-19(32-2)18(26)14-15/h3-10,13-14,22,28H,11-12H2,1-2H3/b23-21-. The van der Waals surface area contributed by atoms with Gasteiger partial charge < -0.3 is 24.2 Å². The summed E-state index contributed by atoms with van der Waals surface area (Å²) in [4.78, 5) is 28.2. The number of methoxy groups -OCH3 is 2. The Morgan fingerprint density at radius 2 is 1.79 bits per heavy atom. The first kappa shape index (κ1) is 23.7. The maximum Gasteiger partial charge on any atom is 0.295 e. The second-order valence-corrected chi connectivity index (χ2v) is 8.77. The minimum atomic E-state index is -0.757. The highest BCUT2D eigenvalue weighted by molar-refractivity contribution is 7.10. The number of hydrogen-bond donors (Lipinski definition) is 1. The van der Waals surface area contributed by atoms with Crippen molar-refractivity contribution >= 4 is 40.4 Å². The third-order valence-electron chi connectivity index (χ3n) is 5.44. The zero-order valence-electron chi connectivity index (χ0n) is 18.5. The van der Waals surface area contributed by atoms with E-state index >= 15 is 0 Å². The van der Waals surface area contributed by atoms with E-state index in [4.69, 9.17) is 25.8 Å². The van der Waals surface area contributed by atoms with Crippen molar-refractivity contribution < 1.29 is 28.9 Å². The van der Waals surface area contributed by atoms with Crippen molar-refractivity contribution in [3.8, 4) is 17.2 Å². The van der Waals surface area contributed by atoms with Gasteiger partial charge in [0.15, 0.2) is 0 Å². The fourth-order valence-corrected chi connectivity index (χ4v) is 4.86. The minimum Gasteiger partial charge on any atom is -0.507 e. The second-order valence-electron chi connectivity index (χ2n) is 7.38. The zero-order valence-corrected chi connectivity index (χ0v) is 20.1. The molecular weight excluding hydrogens is 478 g/mol. The van der Waals surface area contributed by atoms with Gasteiger partial charge in [0.1, 0.15) is 29.6 Å². The molecule has 1 saturated heterocycles. The lowest BCUT2D eigenvalue weighted by atomic mass is 10.00. The molecule has 2 heterocycles. The highest BCUT2D eigenvalue weighted by Gasteiger charge is 2.46. The number of benzene rings is 2. The van der Waals surface area contributed by atoms with Crippen molar-refractivity contribution in [2.24, 2.45) is 0 Å². The van der Waals surface area contributed by atoms with Crippen molar-refractivity contribution in [1.82, 2.24) is 4.90 Å². The summed E-state index contributed by atoms with van der Waals surface area (Å²) >= 11 is 7.61. The molecule has 1 aliphatic heterocycles. The van der Waals surface area contributed by atoms with Crippen LogP contribution >= 0.6 is 22.9 Å². The lowest BCUT2D eigenvalue weighted by Gasteiger charge is -2.24. The second kappa shape index (κ2) is 10.2. The highest BCUT2D eigenvalue weighted by Crippen LogP contribution is 2.41. The number of amides is 1. The van der Waals surface area contributed by atoms with Crippen LogP contribution in [0.2, 0.25) is 5.02 Å². The Hall–Kier alpha value is -3.49. The van der Waals surface area contributed by atoms with E-state index in [1.807, 2.05) is 17.5 Å². The molecule has 0 saturated carbocycles. The molecule has 1 aliphatic rings. The van der Waals surface area contributed by atoms with Gasteiger partial charge in [-0.2, -0.15) is 0 Å². The number of halogens is 1. The Morgan fingerprint density at radius 1 is 1.06 bits per heavy atom. The Labute approximate surface area is 205 Å². The van der Waals surface area contributed by atoms with Gasteiger partial charge in [0.25, 0.3) is 11.7 Å². The quantitative estimate of drug-likeness (QED) is 0.269. The molecule has 1 unspecified atom stereocenters. The van der Waals surface area contributed by atoms with Crippen LogP contribution in [0.5, 0.6) is 17.2 Å². The molecule has 1 aromatic heterocycles. The van der Waals surface area contributed by atoms with E-state index in [0.717, 1.165) is 4.88 Å². The van der Waals surface area contributed by atoms with Crippen molar-refractivity contribution in [2.45, 2.75) is 6.04 Å². The number of likely N-dealkylation sites (tertiary alicyclic amines) is 1. The molecule has 4 rings (SSSR count). The summed E-state index contributed by atoms with van der Waals surface area (Å²) in [6, 6.07) is 14.7. The number of rotatable bonds is 8. The Kier molecular flexibility index (Phi) is 7.09. The van der Waals surface area contributed by atoms with Crippen LogP contribution in [0.25, 0.3) is 5.76 Å². The zero-order chi connectivity index (χ0) is 24.2. The topological polar surface area (TPSA) is 85.3 Å². The van der Waals surface area contributed by atoms with Crippen LogP contribution in [-0.4, -0.2) is 49.1 Å². The average Bonchev–Trinajstić information content (AvgIpc) is 3.46. The third-order valence-corrected chi connectivity index (χ3v) is 6.66. The summed E-state index contributed by atoms with van der Waals surface area (Å²) in [6.07, 6.45) is 0. The number of hydrogen-bond acceptors (Lipinski definition) is 7. The molecule has 0 bridgehead atoms. The maximum absolute atomic E-state index is 13.0. The van der Waals surface area contributed by atoms with Crippen LogP contribution in [0.1, 0.15) is 16.5 Å². The van der Waals surface area contributed by atoms with E-state index in [1.165, 1.54) is 29.4 Å². The largest absolute Gasteiger partial charge is 0.507 e. The summed E-state index contributed by atoms with van der Waals surface area (Å²) in [5.74, 6) is 0.00135. The summed E-state index contributed by atoms with van der Waals surface area (Å²) in [7, 11) is 3.06. The van der Waals surface area contributed by atoms with Crippen LogP contribution in [0.3, 0.4) is 0 Å². The first-order valence-corrected chi connectivity index (χ1v) is 11.6. The average molecular weight is 500 g/mol. The summed E-state index contributed by atoms with van der Waals surface area (Å²) in [5.41, 5.74) is 0.331. The number of aliphatic hydroxyl groups is 1. The number of carbonyl (C=O) groups excluding carboxylic acids is 2. The van der Waals surface area contributed by atoms with Crippen molar-refractivity contribution in [1.29, 1.82) is 0 Å². The molecule has 2 aromatic carbocycles. The monoisotopic (exact) mass is 499 g/mol. The molecule has 7 nitrogen and oxygen atoms in total. The number of ketones is 1. The predicted octanol–water partition coefficient (Wildman–Crippen LogP) is 4.92. The van der Waals surface area contributed by atoms with Gasteiger partial charge in [-0.15, -0.1) is 11.3 Å². The predicted molar refractivity (Wildman–Crippen MR) is 130 cm³/mol. The Balaban J connectivity index is 1.63. The molecule has 9 heteroatoms. The van der Waals surface area contributed by atoms with Gasteiger partial charge in [-0.3, -0.25) is 9.59 Å². The number of Topliss-reactive ketones (excluding diaryl/α,β-unsaturated/α-hetero) is 1. The van der Waals surface area contributed by atoms with E-state index in [2.05, 4.69) is 0 Å². The van der Waals surface area contributed by atoms with Crippen LogP contribution in [0.4, 0.5) is 0 Å². The number of aliphatic hydroxyl groups excluding tert-OH is 1. The van der Waals surface area contributed by atoms with E-state index in [0.29, 0.717) is 22.8 Å². The molecule has 0 spiro atoms. The van der Waals surface area contributed by atoms with Gasteiger partial charge in [0.05, 0.1) is 37.4 Å². The molecule has 1 N–H and O–H groups in total. The summed E-state index contributed by atoms with van der Waals surface area (Å²) in [6.45, 7) is 0.314. The van der Waals surface area contributed by atoms with Crippen molar-refractivity contribution in [3.63, 3.8) is 0 Å². The highest BCUT2D eigenvalue weighted by atomic mass is 35.5. The first-order valence-electron chi connectivity index (χ1n) is 10.4. The fourth-order valence-electron chi connectivity index (χ4n) is 3.76. The number of ether oxygens (including phenoxy) is 3. The molecule has 34 heavy (non-hydrogen) atoms. The van der Waals surface area contributed by atoms with Gasteiger partial charge in [0.2, 0.25) is 0 Å². The first-order chi connectivity index (χ1) is 16.4. The van der Waals surface area contributed by atoms with Crippen LogP contribution in [-0.2, 0) is 9.59 Å². The number of thiophene rings is 1. The van der Waals surface area contributed by atoms with E-state index in [-0.39, 0.29) is 29.5 Å². The Bertz CT molecular complexity index is 1220. The lowest BCUT2D eigenvalue weighted by molar-refractivity contribution is -0.140. The smallest absolute Gasteiger partial charge is 0.295 e. The van der Waals surface area contributed by atoms with Crippen LogP contribution in [0.15, 0.2) is 65.6 Å². The molecular formula is C25H22ClNO6S. The van der Waals surface area contributed by atoms with Gasteiger partial charge >= 0.3 is 0 Å². The SMILES string of the molecule is COc1ccc(OCCN2C(=O)C(=O)/C(=C(\O)c3ccc(OC)c(Cl)c3)C2c2cccs2)cc1. The number of carbonyl (C=O) groups is 2. The third kappa shape index (κ3) is 4.60. The lowest BCUT2D eigenvalue weighted by Crippen LogP contribution is -2.33. The molecule has 1 amide bonds. The molecule has 176 valence electrons.